The summed E-state index contributed by atoms with van der Waals surface area (Å²) in [5, 5.41) is 2.09. The zero-order valence-corrected chi connectivity index (χ0v) is 13.7. The van der Waals surface area contributed by atoms with Crippen LogP contribution in [-0.2, 0) is 0 Å². The van der Waals surface area contributed by atoms with Gasteiger partial charge in [-0.25, -0.2) is 5.01 Å². The van der Waals surface area contributed by atoms with Crippen molar-refractivity contribution in [3.8, 4) is 11.8 Å². The van der Waals surface area contributed by atoms with E-state index in [9.17, 15) is 4.79 Å². The first kappa shape index (κ1) is 16.0. The van der Waals surface area contributed by atoms with E-state index in [1.165, 1.54) is 17.8 Å². The molecular weight excluding hydrogens is 282 g/mol. The molecule has 1 aliphatic rings. The summed E-state index contributed by atoms with van der Waals surface area (Å²) in [4.78, 5) is 14.1. The molecule has 0 bridgehead atoms. The van der Waals surface area contributed by atoms with Crippen molar-refractivity contribution in [2.24, 2.45) is 5.73 Å². The summed E-state index contributed by atoms with van der Waals surface area (Å²) in [7, 11) is 0. The molecule has 1 amide bonds. The maximum Gasteiger partial charge on any atom is 0.275 e. The van der Waals surface area contributed by atoms with Gasteiger partial charge in [-0.05, 0) is 45.2 Å². The minimum absolute atomic E-state index is 0.0375. The number of amides is 1. The van der Waals surface area contributed by atoms with Gasteiger partial charge in [-0.3, -0.25) is 10.2 Å². The molecule has 0 radical (unpaired) electrons. The molecule has 0 aliphatic carbocycles. The Morgan fingerprint density at radius 2 is 2.14 bits per heavy atom. The van der Waals surface area contributed by atoms with Crippen molar-refractivity contribution in [2.45, 2.75) is 52.1 Å². The zero-order chi connectivity index (χ0) is 15.4. The second kappa shape index (κ2) is 7.08. The molecule has 3 N–H and O–H groups in total. The molecule has 1 aromatic heterocycles. The van der Waals surface area contributed by atoms with Crippen molar-refractivity contribution in [3.05, 3.63) is 21.4 Å². The predicted octanol–water partition coefficient (Wildman–Crippen LogP) is 2.27. The number of thiophene rings is 1. The number of aryl methyl sites for hydroxylation is 1. The number of hydrogen-bond donors (Lipinski definition) is 2. The Bertz CT molecular complexity index is 560. The van der Waals surface area contributed by atoms with E-state index in [4.69, 9.17) is 5.73 Å². The quantitative estimate of drug-likeness (QED) is 0.824. The number of rotatable bonds is 2. The summed E-state index contributed by atoms with van der Waals surface area (Å²) in [6, 6.07) is 2.67. The highest BCUT2D eigenvalue weighted by molar-refractivity contribution is 7.14. The highest BCUT2D eigenvalue weighted by Crippen LogP contribution is 2.23. The van der Waals surface area contributed by atoms with Gasteiger partial charge in [0.25, 0.3) is 5.91 Å². The van der Waals surface area contributed by atoms with Crippen LogP contribution < -0.4 is 11.2 Å². The Morgan fingerprint density at radius 1 is 1.48 bits per heavy atom. The molecule has 21 heavy (non-hydrogen) atoms. The Balaban J connectivity index is 2.09. The number of nitrogens with zero attached hydrogens (tertiary/aromatic N) is 1. The van der Waals surface area contributed by atoms with Gasteiger partial charge in [0.1, 0.15) is 0 Å². The van der Waals surface area contributed by atoms with Crippen LogP contribution in [0.1, 0.15) is 53.2 Å². The van der Waals surface area contributed by atoms with Crippen LogP contribution in [0.5, 0.6) is 0 Å². The normalized spacial score (nSPS) is 22.5. The van der Waals surface area contributed by atoms with Crippen LogP contribution in [0.4, 0.5) is 0 Å². The highest BCUT2D eigenvalue weighted by Gasteiger charge is 2.26. The van der Waals surface area contributed by atoms with E-state index in [0.717, 1.165) is 23.3 Å². The number of nitrogens with one attached hydrogen (secondary N) is 1. The molecule has 0 saturated carbocycles. The average Bonchev–Trinajstić information content (AvgIpc) is 2.82. The molecule has 0 spiro atoms. The average molecular weight is 305 g/mol. The Kier molecular flexibility index (Phi) is 5.40. The van der Waals surface area contributed by atoms with E-state index >= 15 is 0 Å². The number of carbonyl (C=O) groups excluding carboxylic acids is 1. The Hall–Kier alpha value is -1.35. The van der Waals surface area contributed by atoms with E-state index in [-0.39, 0.29) is 5.91 Å². The van der Waals surface area contributed by atoms with E-state index in [1.54, 1.807) is 0 Å². The molecule has 2 atom stereocenters. The van der Waals surface area contributed by atoms with Crippen molar-refractivity contribution >= 4 is 17.2 Å². The van der Waals surface area contributed by atoms with Crippen LogP contribution in [-0.4, -0.2) is 29.5 Å². The summed E-state index contributed by atoms with van der Waals surface area (Å²) in [6.07, 6.45) is 3.48. The molecule has 1 aromatic rings. The van der Waals surface area contributed by atoms with Crippen LogP contribution >= 0.6 is 11.3 Å². The second-order valence-electron chi connectivity index (χ2n) is 5.61. The molecule has 0 aromatic carbocycles. The standard InChI is InChI=1S/C16H23N3OS/c1-11-10-15(21-14(11)8-5-9-17)16(20)18-19-12(2)6-4-7-13(19)3/h10,12-13H,4,6-7,9,17H2,1-3H3,(H,18,20). The first-order valence-electron chi connectivity index (χ1n) is 7.41. The minimum atomic E-state index is -0.0375. The maximum absolute atomic E-state index is 12.4. The third-order valence-electron chi connectivity index (χ3n) is 3.87. The second-order valence-corrected chi connectivity index (χ2v) is 6.66. The van der Waals surface area contributed by atoms with Crippen molar-refractivity contribution in [1.82, 2.24) is 10.4 Å². The lowest BCUT2D eigenvalue weighted by Crippen LogP contribution is -2.53. The fourth-order valence-corrected chi connectivity index (χ4v) is 3.60. The van der Waals surface area contributed by atoms with Crippen LogP contribution in [0, 0.1) is 18.8 Å². The first-order valence-corrected chi connectivity index (χ1v) is 8.23. The van der Waals surface area contributed by atoms with Crippen molar-refractivity contribution in [3.63, 3.8) is 0 Å². The van der Waals surface area contributed by atoms with Gasteiger partial charge in [-0.15, -0.1) is 11.3 Å². The molecule has 114 valence electrons. The minimum Gasteiger partial charge on any atom is -0.320 e. The number of carbonyl (C=O) groups is 1. The Morgan fingerprint density at radius 3 is 2.76 bits per heavy atom. The predicted molar refractivity (Wildman–Crippen MR) is 87.1 cm³/mol. The third kappa shape index (κ3) is 3.85. The molecule has 2 rings (SSSR count). The summed E-state index contributed by atoms with van der Waals surface area (Å²) in [5.74, 6) is 5.82. The maximum atomic E-state index is 12.4. The SMILES string of the molecule is Cc1cc(C(=O)NN2C(C)CCCC2C)sc1C#CCN. The smallest absolute Gasteiger partial charge is 0.275 e. The van der Waals surface area contributed by atoms with E-state index in [1.807, 2.05) is 13.0 Å². The van der Waals surface area contributed by atoms with Crippen LogP contribution in [0.2, 0.25) is 0 Å². The van der Waals surface area contributed by atoms with Crippen LogP contribution in [0.25, 0.3) is 0 Å². The largest absolute Gasteiger partial charge is 0.320 e. The van der Waals surface area contributed by atoms with E-state index < -0.39 is 0 Å². The molecule has 1 aliphatic heterocycles. The van der Waals surface area contributed by atoms with Gasteiger partial charge >= 0.3 is 0 Å². The molecule has 1 saturated heterocycles. The molecule has 5 heteroatoms. The topological polar surface area (TPSA) is 58.4 Å². The van der Waals surface area contributed by atoms with Crippen molar-refractivity contribution in [1.29, 1.82) is 0 Å². The number of hydrazine groups is 1. The lowest BCUT2D eigenvalue weighted by molar-refractivity contribution is 0.0373. The number of piperidine rings is 1. The third-order valence-corrected chi connectivity index (χ3v) is 5.02. The molecule has 2 heterocycles. The van der Waals surface area contributed by atoms with Crippen LogP contribution in [0.3, 0.4) is 0 Å². The van der Waals surface area contributed by atoms with E-state index in [2.05, 4.69) is 36.1 Å². The summed E-state index contributed by atoms with van der Waals surface area (Å²) in [5.41, 5.74) is 9.49. The van der Waals surface area contributed by atoms with Gasteiger partial charge in [0.05, 0.1) is 16.3 Å². The van der Waals surface area contributed by atoms with Crippen molar-refractivity contribution < 1.29 is 4.79 Å². The van der Waals surface area contributed by atoms with Gasteiger partial charge in [0, 0.05) is 12.1 Å². The van der Waals surface area contributed by atoms with Gasteiger partial charge in [-0.1, -0.05) is 18.3 Å². The van der Waals surface area contributed by atoms with Gasteiger partial charge in [0.2, 0.25) is 0 Å². The fraction of sp³-hybridized carbons (Fsp3) is 0.562. The molecule has 1 fully saturated rings. The van der Waals surface area contributed by atoms with Gasteiger partial charge in [-0.2, -0.15) is 0 Å². The Labute approximate surface area is 130 Å². The van der Waals surface area contributed by atoms with Crippen LogP contribution in [0.15, 0.2) is 6.07 Å². The lowest BCUT2D eigenvalue weighted by Gasteiger charge is -2.38. The highest BCUT2D eigenvalue weighted by atomic mass is 32.1. The zero-order valence-electron chi connectivity index (χ0n) is 12.9. The van der Waals surface area contributed by atoms with E-state index in [0.29, 0.717) is 23.5 Å². The molecular formula is C16H23N3OS. The number of nitrogens with two attached hydrogens (primary N) is 1. The van der Waals surface area contributed by atoms with Gasteiger partial charge in [0.15, 0.2) is 0 Å². The summed E-state index contributed by atoms with van der Waals surface area (Å²) in [6.45, 7) is 6.63. The molecule has 4 nitrogen and oxygen atoms in total. The summed E-state index contributed by atoms with van der Waals surface area (Å²) < 4.78 is 0. The molecule has 2 unspecified atom stereocenters. The summed E-state index contributed by atoms with van der Waals surface area (Å²) >= 11 is 1.43. The first-order chi connectivity index (χ1) is 10.0. The van der Waals surface area contributed by atoms with Gasteiger partial charge < -0.3 is 5.73 Å². The fourth-order valence-electron chi connectivity index (χ4n) is 2.66. The van der Waals surface area contributed by atoms with Crippen molar-refractivity contribution in [2.75, 3.05) is 6.54 Å². The monoisotopic (exact) mass is 305 g/mol. The lowest BCUT2D eigenvalue weighted by atomic mass is 10.00. The number of hydrogen-bond acceptors (Lipinski definition) is 4.